The first-order chi connectivity index (χ1) is 16.9. The molecule has 2 N–H and O–H groups in total. The summed E-state index contributed by atoms with van der Waals surface area (Å²) in [6, 6.07) is 22.6. The van der Waals surface area contributed by atoms with Crippen molar-refractivity contribution in [1.82, 2.24) is 5.32 Å². The Morgan fingerprint density at radius 2 is 1.69 bits per heavy atom. The number of carbonyl (C=O) groups excluding carboxylic acids is 2. The number of nitrogens with zero attached hydrogens (tertiary/aromatic N) is 1. The van der Waals surface area contributed by atoms with Gasteiger partial charge in [-0.05, 0) is 74.0 Å². The molecule has 1 saturated heterocycles. The number of ether oxygens (including phenoxy) is 2. The molecular formula is C28H31N3O4. The van der Waals surface area contributed by atoms with Crippen LogP contribution >= 0.6 is 0 Å². The van der Waals surface area contributed by atoms with E-state index in [0.29, 0.717) is 17.9 Å². The molecule has 1 aliphatic heterocycles. The molecule has 7 heteroatoms. The summed E-state index contributed by atoms with van der Waals surface area (Å²) in [5.74, 6) is 1.32. The Labute approximate surface area is 206 Å². The average molecular weight is 474 g/mol. The van der Waals surface area contributed by atoms with Gasteiger partial charge in [0.25, 0.3) is 5.91 Å². The van der Waals surface area contributed by atoms with Crippen LogP contribution in [0.25, 0.3) is 0 Å². The summed E-state index contributed by atoms with van der Waals surface area (Å²) in [5, 5.41) is 5.70. The zero-order valence-electron chi connectivity index (χ0n) is 20.3. The van der Waals surface area contributed by atoms with Crippen LogP contribution < -0.4 is 25.0 Å². The highest BCUT2D eigenvalue weighted by atomic mass is 16.5. The van der Waals surface area contributed by atoms with Crippen LogP contribution in [0, 0.1) is 0 Å². The van der Waals surface area contributed by atoms with Crippen molar-refractivity contribution >= 4 is 23.2 Å². The van der Waals surface area contributed by atoms with Crippen molar-refractivity contribution in [2.75, 3.05) is 29.9 Å². The van der Waals surface area contributed by atoms with E-state index in [4.69, 9.17) is 9.47 Å². The fourth-order valence-corrected chi connectivity index (χ4v) is 3.98. The topological polar surface area (TPSA) is 79.9 Å². The highest BCUT2D eigenvalue weighted by Crippen LogP contribution is 2.27. The zero-order chi connectivity index (χ0) is 24.8. The summed E-state index contributed by atoms with van der Waals surface area (Å²) in [6.45, 7) is 7.68. The molecule has 7 nitrogen and oxygen atoms in total. The van der Waals surface area contributed by atoms with E-state index in [9.17, 15) is 9.59 Å². The summed E-state index contributed by atoms with van der Waals surface area (Å²) < 4.78 is 11.6. The maximum atomic E-state index is 12.7. The molecule has 1 aliphatic rings. The number of hydrogen-bond acceptors (Lipinski definition) is 5. The first kappa shape index (κ1) is 24.1. The molecule has 0 spiro atoms. The fraction of sp³-hybridized carbons (Fsp3) is 0.286. The smallest absolute Gasteiger partial charge is 0.251 e. The van der Waals surface area contributed by atoms with Crippen molar-refractivity contribution in [2.45, 2.75) is 32.9 Å². The number of benzene rings is 3. The number of anilines is 2. The van der Waals surface area contributed by atoms with Crippen molar-refractivity contribution in [1.29, 1.82) is 0 Å². The number of carbonyl (C=O) groups is 2. The molecule has 0 saturated carbocycles. The Balaban J connectivity index is 1.26. The van der Waals surface area contributed by atoms with Gasteiger partial charge in [0.2, 0.25) is 5.91 Å². The Morgan fingerprint density at radius 1 is 1.00 bits per heavy atom. The van der Waals surface area contributed by atoms with Crippen molar-refractivity contribution < 1.29 is 19.1 Å². The van der Waals surface area contributed by atoms with Crippen molar-refractivity contribution in [3.8, 4) is 11.5 Å². The van der Waals surface area contributed by atoms with E-state index in [2.05, 4.69) is 27.7 Å². The molecule has 1 fully saturated rings. The van der Waals surface area contributed by atoms with E-state index >= 15 is 0 Å². The van der Waals surface area contributed by atoms with Crippen LogP contribution in [0.3, 0.4) is 0 Å². The molecule has 0 unspecified atom stereocenters. The van der Waals surface area contributed by atoms with Crippen LogP contribution in [-0.4, -0.2) is 37.6 Å². The number of hydrogen-bond donors (Lipinski definition) is 2. The summed E-state index contributed by atoms with van der Waals surface area (Å²) in [6.07, 6.45) is 0.139. The van der Waals surface area contributed by atoms with E-state index < -0.39 is 0 Å². The molecule has 4 rings (SSSR count). The van der Waals surface area contributed by atoms with Gasteiger partial charge < -0.3 is 25.0 Å². The van der Waals surface area contributed by atoms with Crippen LogP contribution in [0.4, 0.5) is 11.4 Å². The van der Waals surface area contributed by atoms with Crippen LogP contribution in [0.5, 0.6) is 11.5 Å². The number of amides is 2. The average Bonchev–Trinajstić information content (AvgIpc) is 2.82. The molecule has 3 aromatic rings. The predicted octanol–water partition coefficient (Wildman–Crippen LogP) is 4.80. The van der Waals surface area contributed by atoms with Gasteiger partial charge in [0.15, 0.2) is 0 Å². The van der Waals surface area contributed by atoms with E-state index in [1.807, 2.05) is 50.2 Å². The number of rotatable bonds is 9. The second kappa shape index (κ2) is 11.0. The summed E-state index contributed by atoms with van der Waals surface area (Å²) in [4.78, 5) is 26.2. The maximum Gasteiger partial charge on any atom is 0.251 e. The molecule has 0 radical (unpaired) electrons. The molecule has 182 valence electrons. The van der Waals surface area contributed by atoms with Gasteiger partial charge in [-0.25, -0.2) is 0 Å². The van der Waals surface area contributed by atoms with Crippen LogP contribution in [0.2, 0.25) is 0 Å². The standard InChI is InChI=1S/C28H31N3O4/c1-4-34-25-14-10-24(11-15-25)31-17-27(18-31)35-26-12-8-21(9-13-26)19(2)29-28(33)22-6-5-7-23(16-22)30-20(3)32/h5-16,19,27H,4,17-18H2,1-3H3,(H,29,33)(H,30,32)/t19-/m0/s1. The molecular weight excluding hydrogens is 442 g/mol. The largest absolute Gasteiger partial charge is 0.494 e. The third-order valence-corrected chi connectivity index (χ3v) is 5.84. The van der Waals surface area contributed by atoms with E-state index in [-0.39, 0.29) is 24.0 Å². The highest BCUT2D eigenvalue weighted by molar-refractivity contribution is 5.97. The summed E-state index contributed by atoms with van der Waals surface area (Å²) in [7, 11) is 0. The SMILES string of the molecule is CCOc1ccc(N2CC(Oc3ccc([C@H](C)NC(=O)c4cccc(NC(C)=O)c4)cc3)C2)cc1. The lowest BCUT2D eigenvalue weighted by Crippen LogP contribution is -2.54. The van der Waals surface area contributed by atoms with Crippen molar-refractivity contribution in [2.24, 2.45) is 0 Å². The van der Waals surface area contributed by atoms with Gasteiger partial charge in [-0.15, -0.1) is 0 Å². The lowest BCUT2D eigenvalue weighted by Gasteiger charge is -2.40. The third-order valence-electron chi connectivity index (χ3n) is 5.84. The molecule has 3 aromatic carbocycles. The van der Waals surface area contributed by atoms with Gasteiger partial charge in [-0.2, -0.15) is 0 Å². The first-order valence-corrected chi connectivity index (χ1v) is 11.8. The molecule has 0 aliphatic carbocycles. The molecule has 35 heavy (non-hydrogen) atoms. The monoisotopic (exact) mass is 473 g/mol. The zero-order valence-corrected chi connectivity index (χ0v) is 20.3. The van der Waals surface area contributed by atoms with Gasteiger partial charge in [0.05, 0.1) is 25.7 Å². The summed E-state index contributed by atoms with van der Waals surface area (Å²) in [5.41, 5.74) is 3.23. The molecule has 2 amide bonds. The van der Waals surface area contributed by atoms with Crippen LogP contribution in [0.15, 0.2) is 72.8 Å². The summed E-state index contributed by atoms with van der Waals surface area (Å²) >= 11 is 0. The van der Waals surface area contributed by atoms with Crippen LogP contribution in [0.1, 0.15) is 42.7 Å². The van der Waals surface area contributed by atoms with Gasteiger partial charge in [0, 0.05) is 23.9 Å². The van der Waals surface area contributed by atoms with Crippen molar-refractivity contribution in [3.63, 3.8) is 0 Å². The Kier molecular flexibility index (Phi) is 7.55. The van der Waals surface area contributed by atoms with Crippen molar-refractivity contribution in [3.05, 3.63) is 83.9 Å². The van der Waals surface area contributed by atoms with Gasteiger partial charge in [-0.1, -0.05) is 18.2 Å². The predicted molar refractivity (Wildman–Crippen MR) is 137 cm³/mol. The minimum atomic E-state index is -0.200. The van der Waals surface area contributed by atoms with E-state index in [1.165, 1.54) is 6.92 Å². The van der Waals surface area contributed by atoms with Crippen LogP contribution in [-0.2, 0) is 4.79 Å². The van der Waals surface area contributed by atoms with E-state index in [0.717, 1.165) is 35.8 Å². The lowest BCUT2D eigenvalue weighted by atomic mass is 10.1. The minimum absolute atomic E-state index is 0.139. The molecule has 0 bridgehead atoms. The lowest BCUT2D eigenvalue weighted by molar-refractivity contribution is -0.114. The third kappa shape index (κ3) is 6.32. The second-order valence-electron chi connectivity index (χ2n) is 8.60. The quantitative estimate of drug-likeness (QED) is 0.467. The minimum Gasteiger partial charge on any atom is -0.494 e. The maximum absolute atomic E-state index is 12.7. The van der Waals surface area contributed by atoms with Gasteiger partial charge >= 0.3 is 0 Å². The molecule has 1 heterocycles. The Bertz CT molecular complexity index is 1160. The van der Waals surface area contributed by atoms with E-state index in [1.54, 1.807) is 24.3 Å². The molecule has 0 aromatic heterocycles. The first-order valence-electron chi connectivity index (χ1n) is 11.8. The Hall–Kier alpha value is -4.00. The van der Waals surface area contributed by atoms with Gasteiger partial charge in [0.1, 0.15) is 17.6 Å². The molecule has 1 atom stereocenters. The Morgan fingerprint density at radius 3 is 2.34 bits per heavy atom. The fourth-order valence-electron chi connectivity index (χ4n) is 3.98. The number of nitrogens with one attached hydrogen (secondary N) is 2. The highest BCUT2D eigenvalue weighted by Gasteiger charge is 2.28. The normalized spacial score (nSPS) is 14.0. The van der Waals surface area contributed by atoms with Gasteiger partial charge in [-0.3, -0.25) is 9.59 Å². The second-order valence-corrected chi connectivity index (χ2v) is 8.60.